The third-order valence-electron chi connectivity index (χ3n) is 4.41. The molecule has 0 atom stereocenters. The Kier molecular flexibility index (Phi) is 8.99. The molecular weight excluding hydrogens is 388 g/mol. The van der Waals surface area contributed by atoms with Crippen molar-refractivity contribution >= 4 is 21.6 Å². The third-order valence-corrected chi connectivity index (χ3v) is 5.59. The van der Waals surface area contributed by atoms with Gasteiger partial charge < -0.3 is 10.1 Å². The van der Waals surface area contributed by atoms with Crippen LogP contribution in [0.15, 0.2) is 54.6 Å². The summed E-state index contributed by atoms with van der Waals surface area (Å²) in [5.41, 5.74) is 1.75. The molecule has 0 aliphatic heterocycles. The van der Waals surface area contributed by atoms with Crippen LogP contribution in [0, 0.1) is 0 Å². The molecular formula is C22H30N2O4S. The average Bonchev–Trinajstić information content (AvgIpc) is 2.69. The number of aryl methyl sites for hydroxylation is 1. The number of rotatable bonds is 12. The predicted octanol–water partition coefficient (Wildman–Crippen LogP) is 3.38. The van der Waals surface area contributed by atoms with Crippen molar-refractivity contribution in [1.29, 1.82) is 0 Å². The summed E-state index contributed by atoms with van der Waals surface area (Å²) < 4.78 is 31.4. The van der Waals surface area contributed by atoms with E-state index in [-0.39, 0.29) is 18.9 Å². The molecule has 2 aromatic rings. The Morgan fingerprint density at radius 3 is 2.41 bits per heavy atom. The Morgan fingerprint density at radius 2 is 1.72 bits per heavy atom. The summed E-state index contributed by atoms with van der Waals surface area (Å²) >= 11 is 0. The first-order valence-electron chi connectivity index (χ1n) is 9.92. The summed E-state index contributed by atoms with van der Waals surface area (Å²) in [4.78, 5) is 12.1. The molecule has 0 heterocycles. The van der Waals surface area contributed by atoms with E-state index in [1.54, 1.807) is 24.3 Å². The minimum atomic E-state index is -3.49. The lowest BCUT2D eigenvalue weighted by Gasteiger charge is -2.24. The smallest absolute Gasteiger partial charge is 0.232 e. The van der Waals surface area contributed by atoms with Gasteiger partial charge in [0.25, 0.3) is 0 Å². The maximum atomic E-state index is 12.3. The number of nitrogens with one attached hydrogen (secondary N) is 1. The zero-order valence-electron chi connectivity index (χ0n) is 17.1. The van der Waals surface area contributed by atoms with E-state index < -0.39 is 10.0 Å². The van der Waals surface area contributed by atoms with Gasteiger partial charge in [0, 0.05) is 19.5 Å². The summed E-state index contributed by atoms with van der Waals surface area (Å²) in [7, 11) is -3.49. The number of benzene rings is 2. The minimum Gasteiger partial charge on any atom is -0.492 e. The maximum Gasteiger partial charge on any atom is 0.232 e. The Balaban J connectivity index is 1.82. The van der Waals surface area contributed by atoms with Crippen molar-refractivity contribution in [3.05, 3.63) is 60.2 Å². The number of anilines is 1. The van der Waals surface area contributed by atoms with Crippen LogP contribution in [0.25, 0.3) is 0 Å². The first-order chi connectivity index (χ1) is 13.9. The monoisotopic (exact) mass is 418 g/mol. The molecule has 0 bridgehead atoms. The highest BCUT2D eigenvalue weighted by Crippen LogP contribution is 2.30. The van der Waals surface area contributed by atoms with Crippen LogP contribution < -0.4 is 14.4 Å². The quantitative estimate of drug-likeness (QED) is 0.536. The highest BCUT2D eigenvalue weighted by molar-refractivity contribution is 7.92. The van der Waals surface area contributed by atoms with Gasteiger partial charge in [-0.1, -0.05) is 42.5 Å². The summed E-state index contributed by atoms with van der Waals surface area (Å²) in [6.07, 6.45) is 3.65. The van der Waals surface area contributed by atoms with Crippen LogP contribution in [-0.2, 0) is 21.2 Å². The summed E-state index contributed by atoms with van der Waals surface area (Å²) in [5.74, 6) is 0.454. The van der Waals surface area contributed by atoms with Crippen LogP contribution in [0.3, 0.4) is 0 Å². The van der Waals surface area contributed by atoms with Crippen LogP contribution in [0.5, 0.6) is 5.75 Å². The number of sulfonamides is 1. The van der Waals surface area contributed by atoms with E-state index in [4.69, 9.17) is 4.74 Å². The SMILES string of the molecule is CCOc1ccccc1N(CCCC(=O)NCCCc1ccccc1)S(C)(=O)=O. The molecule has 0 aliphatic rings. The first-order valence-corrected chi connectivity index (χ1v) is 11.8. The van der Waals surface area contributed by atoms with E-state index in [9.17, 15) is 13.2 Å². The van der Waals surface area contributed by atoms with Gasteiger partial charge >= 0.3 is 0 Å². The summed E-state index contributed by atoms with van der Waals surface area (Å²) in [5, 5.41) is 2.91. The lowest BCUT2D eigenvalue weighted by molar-refractivity contribution is -0.121. The molecule has 0 aliphatic carbocycles. The van der Waals surface area contributed by atoms with Gasteiger partial charge in [-0.15, -0.1) is 0 Å². The molecule has 0 spiro atoms. The number of carbonyl (C=O) groups is 1. The standard InChI is InChI=1S/C22H30N2O4S/c1-3-28-21-15-8-7-14-20(21)24(29(2,26)27)18-10-16-22(25)23-17-9-13-19-11-5-4-6-12-19/h4-8,11-12,14-15H,3,9-10,13,16-18H2,1-2H3,(H,23,25). The van der Waals surface area contributed by atoms with Crippen molar-refractivity contribution in [2.24, 2.45) is 0 Å². The third kappa shape index (κ3) is 7.77. The minimum absolute atomic E-state index is 0.0652. The molecule has 2 rings (SSSR count). The molecule has 0 unspecified atom stereocenters. The summed E-state index contributed by atoms with van der Waals surface area (Å²) in [6.45, 7) is 3.13. The number of carbonyl (C=O) groups excluding carboxylic acids is 1. The van der Waals surface area contributed by atoms with Gasteiger partial charge in [-0.05, 0) is 43.9 Å². The fourth-order valence-electron chi connectivity index (χ4n) is 3.04. The van der Waals surface area contributed by atoms with E-state index in [1.165, 1.54) is 16.1 Å². The fourth-order valence-corrected chi connectivity index (χ4v) is 4.01. The molecule has 0 saturated carbocycles. The molecule has 7 heteroatoms. The first kappa shape index (κ1) is 22.7. The second-order valence-electron chi connectivity index (χ2n) is 6.78. The van der Waals surface area contributed by atoms with Crippen molar-refractivity contribution < 1.29 is 17.9 Å². The number of nitrogens with zero attached hydrogens (tertiary/aromatic N) is 1. The lowest BCUT2D eigenvalue weighted by atomic mass is 10.1. The van der Waals surface area contributed by atoms with E-state index in [1.807, 2.05) is 25.1 Å². The van der Waals surface area contributed by atoms with Crippen molar-refractivity contribution in [3.8, 4) is 5.75 Å². The van der Waals surface area contributed by atoms with E-state index in [0.717, 1.165) is 12.8 Å². The normalized spacial score (nSPS) is 11.1. The van der Waals surface area contributed by atoms with Crippen molar-refractivity contribution in [3.63, 3.8) is 0 Å². The van der Waals surface area contributed by atoms with Gasteiger partial charge in [0.1, 0.15) is 5.75 Å². The van der Waals surface area contributed by atoms with E-state index in [0.29, 0.717) is 31.0 Å². The zero-order valence-corrected chi connectivity index (χ0v) is 18.0. The highest BCUT2D eigenvalue weighted by Gasteiger charge is 2.21. The second-order valence-corrected chi connectivity index (χ2v) is 8.69. The van der Waals surface area contributed by atoms with Crippen LogP contribution >= 0.6 is 0 Å². The fraction of sp³-hybridized carbons (Fsp3) is 0.409. The number of hydrogen-bond acceptors (Lipinski definition) is 4. The van der Waals surface area contributed by atoms with Crippen molar-refractivity contribution in [2.45, 2.75) is 32.6 Å². The lowest BCUT2D eigenvalue weighted by Crippen LogP contribution is -2.32. The molecule has 0 fully saturated rings. The van der Waals surface area contributed by atoms with Crippen LogP contribution in [-0.4, -0.2) is 40.3 Å². The molecule has 1 amide bonds. The topological polar surface area (TPSA) is 75.7 Å². The Bertz CT molecular complexity index is 869. The predicted molar refractivity (Wildman–Crippen MR) is 117 cm³/mol. The van der Waals surface area contributed by atoms with Gasteiger partial charge in [0.05, 0.1) is 18.6 Å². The number of para-hydroxylation sites is 2. The number of amides is 1. The van der Waals surface area contributed by atoms with Crippen LogP contribution in [0.2, 0.25) is 0 Å². The average molecular weight is 419 g/mol. The Hall–Kier alpha value is -2.54. The van der Waals surface area contributed by atoms with Gasteiger partial charge in [-0.3, -0.25) is 9.10 Å². The number of hydrogen-bond donors (Lipinski definition) is 1. The largest absolute Gasteiger partial charge is 0.492 e. The zero-order chi connectivity index (χ0) is 21.1. The van der Waals surface area contributed by atoms with Crippen molar-refractivity contribution in [1.82, 2.24) is 5.32 Å². The maximum absolute atomic E-state index is 12.3. The second kappa shape index (κ2) is 11.5. The van der Waals surface area contributed by atoms with Gasteiger partial charge in [-0.2, -0.15) is 0 Å². The van der Waals surface area contributed by atoms with Gasteiger partial charge in [0.15, 0.2) is 0 Å². The van der Waals surface area contributed by atoms with Crippen molar-refractivity contribution in [2.75, 3.05) is 30.3 Å². The van der Waals surface area contributed by atoms with Crippen LogP contribution in [0.1, 0.15) is 31.7 Å². The van der Waals surface area contributed by atoms with E-state index >= 15 is 0 Å². The van der Waals surface area contributed by atoms with Gasteiger partial charge in [0.2, 0.25) is 15.9 Å². The van der Waals surface area contributed by atoms with E-state index in [2.05, 4.69) is 17.4 Å². The Labute approximate surface area is 173 Å². The number of ether oxygens (including phenoxy) is 1. The molecule has 29 heavy (non-hydrogen) atoms. The summed E-state index contributed by atoms with van der Waals surface area (Å²) in [6, 6.07) is 17.2. The van der Waals surface area contributed by atoms with Crippen LogP contribution in [0.4, 0.5) is 5.69 Å². The van der Waals surface area contributed by atoms with Gasteiger partial charge in [-0.25, -0.2) is 8.42 Å². The molecule has 6 nitrogen and oxygen atoms in total. The highest BCUT2D eigenvalue weighted by atomic mass is 32.2. The molecule has 0 radical (unpaired) electrons. The molecule has 0 aromatic heterocycles. The molecule has 158 valence electrons. The Morgan fingerprint density at radius 1 is 1.03 bits per heavy atom. The molecule has 2 aromatic carbocycles. The molecule has 0 saturated heterocycles. The molecule has 1 N–H and O–H groups in total.